The summed E-state index contributed by atoms with van der Waals surface area (Å²) in [6.45, 7) is 10.2. The summed E-state index contributed by atoms with van der Waals surface area (Å²) in [5.74, 6) is 0.145. The number of rotatable bonds is 15. The van der Waals surface area contributed by atoms with Gasteiger partial charge in [0.1, 0.15) is 5.75 Å². The zero-order chi connectivity index (χ0) is 31.3. The van der Waals surface area contributed by atoms with Crippen molar-refractivity contribution < 1.29 is 19.7 Å². The van der Waals surface area contributed by atoms with Crippen LogP contribution in [0.15, 0.2) is 22.1 Å². The van der Waals surface area contributed by atoms with Crippen LogP contribution >= 0.6 is 0 Å². The summed E-state index contributed by atoms with van der Waals surface area (Å²) in [6, 6.07) is 5.56. The van der Waals surface area contributed by atoms with E-state index in [1.165, 1.54) is 0 Å². The zero-order valence-electron chi connectivity index (χ0n) is 26.4. The molecule has 1 aliphatic rings. The number of nitriles is 1. The fraction of sp³-hybridized carbons (Fsp3) is 0.688. The Morgan fingerprint density at radius 3 is 2.36 bits per heavy atom. The third-order valence-electron chi connectivity index (χ3n) is 7.43. The second kappa shape index (κ2) is 17.2. The van der Waals surface area contributed by atoms with Crippen molar-refractivity contribution in [2.75, 3.05) is 50.7 Å². The quantitative estimate of drug-likeness (QED) is 0.215. The van der Waals surface area contributed by atoms with Crippen LogP contribution in [0, 0.1) is 28.6 Å². The van der Waals surface area contributed by atoms with Gasteiger partial charge in [-0.05, 0) is 49.5 Å². The first-order valence-corrected chi connectivity index (χ1v) is 15.1. The average Bonchev–Trinajstić information content (AvgIpc) is 2.92. The summed E-state index contributed by atoms with van der Waals surface area (Å²) < 4.78 is 5.82. The molecule has 1 saturated carbocycles. The van der Waals surface area contributed by atoms with Crippen LogP contribution in [0.4, 0.5) is 17.1 Å². The molecule has 0 aliphatic heterocycles. The number of nitrogens with one attached hydrogen (secondary N) is 1. The molecular weight excluding hydrogens is 532 g/mol. The van der Waals surface area contributed by atoms with E-state index in [1.807, 2.05) is 6.07 Å². The molecule has 3 atom stereocenters. The maximum absolute atomic E-state index is 13.3. The Bertz CT molecular complexity index is 1110. The minimum absolute atomic E-state index is 0.108. The van der Waals surface area contributed by atoms with Crippen molar-refractivity contribution >= 4 is 34.4 Å². The highest BCUT2D eigenvalue weighted by Gasteiger charge is 2.31. The number of aliphatic hydroxyl groups is 2. The lowest BCUT2D eigenvalue weighted by Crippen LogP contribution is -2.42. The van der Waals surface area contributed by atoms with Crippen LogP contribution in [0.2, 0.25) is 0 Å². The van der Waals surface area contributed by atoms with E-state index in [2.05, 4.69) is 49.0 Å². The SMILES string of the molecule is CN=C1CC(N)C(=Nc2cc(OC)c(N(CCCCO)CCCCO)cc2NC(=O)CC(C)CC(C)(C)C)C(C#N)C1. The highest BCUT2D eigenvalue weighted by molar-refractivity contribution is 6.06. The van der Waals surface area contributed by atoms with Gasteiger partial charge in [-0.25, -0.2) is 0 Å². The van der Waals surface area contributed by atoms with Gasteiger partial charge in [-0.15, -0.1) is 0 Å². The standard InChI is InChI=1S/C32H52N6O4/c1-22(20-32(2,3)4)15-30(41)36-26-18-28(38(11-7-9-13-39)12-8-10-14-40)29(42-6)19-27(26)37-31-23(21-33)16-24(35-5)17-25(31)34/h18-19,22-23,25,39-40H,7-17,20,34H2,1-6H3,(H,36,41). The van der Waals surface area contributed by atoms with E-state index in [0.717, 1.165) is 30.7 Å². The van der Waals surface area contributed by atoms with Gasteiger partial charge in [-0.3, -0.25) is 14.8 Å². The van der Waals surface area contributed by atoms with Crippen LogP contribution in [0.5, 0.6) is 5.75 Å². The third-order valence-corrected chi connectivity index (χ3v) is 7.43. The Balaban J connectivity index is 2.59. The van der Waals surface area contributed by atoms with Gasteiger partial charge in [0, 0.05) is 70.4 Å². The molecule has 0 saturated heterocycles. The van der Waals surface area contributed by atoms with Crippen molar-refractivity contribution in [2.24, 2.45) is 33.0 Å². The maximum Gasteiger partial charge on any atom is 0.224 e. The number of unbranched alkanes of at least 4 members (excludes halogenated alkanes) is 2. The molecule has 10 heteroatoms. The zero-order valence-corrected chi connectivity index (χ0v) is 26.4. The van der Waals surface area contributed by atoms with Gasteiger partial charge in [0.25, 0.3) is 0 Å². The molecule has 5 N–H and O–H groups in total. The Kier molecular flexibility index (Phi) is 14.4. The van der Waals surface area contributed by atoms with Crippen LogP contribution in [-0.2, 0) is 4.79 Å². The number of hydrogen-bond donors (Lipinski definition) is 4. The van der Waals surface area contributed by atoms with Gasteiger partial charge in [0.05, 0.1) is 41.9 Å². The van der Waals surface area contributed by atoms with Crippen molar-refractivity contribution in [3.8, 4) is 11.8 Å². The molecule has 2 rings (SSSR count). The Labute approximate surface area is 252 Å². The maximum atomic E-state index is 13.3. The number of aliphatic imine (C=N–C) groups is 2. The van der Waals surface area contributed by atoms with E-state index >= 15 is 0 Å². The second-order valence-electron chi connectivity index (χ2n) is 12.5. The normalized spacial score (nSPS) is 19.9. The van der Waals surface area contributed by atoms with E-state index in [4.69, 9.17) is 15.5 Å². The number of methoxy groups -OCH3 is 1. The van der Waals surface area contributed by atoms with Crippen LogP contribution in [-0.4, -0.2) is 74.0 Å². The molecule has 3 unspecified atom stereocenters. The molecule has 1 aliphatic carbocycles. The fourth-order valence-electron chi connectivity index (χ4n) is 5.61. The number of amides is 1. The lowest BCUT2D eigenvalue weighted by atomic mass is 9.83. The Morgan fingerprint density at radius 1 is 1.19 bits per heavy atom. The molecule has 1 aromatic carbocycles. The first-order chi connectivity index (χ1) is 20.0. The number of nitrogens with zero attached hydrogens (tertiary/aromatic N) is 4. The van der Waals surface area contributed by atoms with E-state index in [9.17, 15) is 20.3 Å². The predicted molar refractivity (Wildman–Crippen MR) is 171 cm³/mol. The molecule has 10 nitrogen and oxygen atoms in total. The highest BCUT2D eigenvalue weighted by atomic mass is 16.5. The van der Waals surface area contributed by atoms with Crippen molar-refractivity contribution in [1.82, 2.24) is 0 Å². The van der Waals surface area contributed by atoms with Gasteiger partial charge in [-0.1, -0.05) is 27.7 Å². The molecule has 234 valence electrons. The van der Waals surface area contributed by atoms with E-state index in [1.54, 1.807) is 20.2 Å². The predicted octanol–water partition coefficient (Wildman–Crippen LogP) is 4.85. The summed E-state index contributed by atoms with van der Waals surface area (Å²) in [5.41, 5.74) is 9.87. The molecule has 0 heterocycles. The number of anilines is 2. The first-order valence-electron chi connectivity index (χ1n) is 15.1. The number of hydrogen-bond acceptors (Lipinski definition) is 9. The molecule has 0 bridgehead atoms. The molecule has 0 spiro atoms. The number of carbonyl (C=O) groups is 1. The van der Waals surface area contributed by atoms with E-state index < -0.39 is 12.0 Å². The molecule has 1 aromatic rings. The number of aliphatic hydroxyl groups excluding tert-OH is 2. The summed E-state index contributed by atoms with van der Waals surface area (Å²) >= 11 is 0. The average molecular weight is 585 g/mol. The Morgan fingerprint density at radius 2 is 1.83 bits per heavy atom. The van der Waals surface area contributed by atoms with Gasteiger partial charge in [0.15, 0.2) is 0 Å². The van der Waals surface area contributed by atoms with Crippen LogP contribution in [0.3, 0.4) is 0 Å². The van der Waals surface area contributed by atoms with Crippen LogP contribution in [0.25, 0.3) is 0 Å². The Hall–Kier alpha value is -3.00. The highest BCUT2D eigenvalue weighted by Crippen LogP contribution is 2.40. The molecule has 1 amide bonds. The molecule has 42 heavy (non-hydrogen) atoms. The third kappa shape index (κ3) is 11.0. The number of nitrogens with two attached hydrogens (primary N) is 1. The first kappa shape index (κ1) is 35.2. The molecular formula is C32H52N6O4. The van der Waals surface area contributed by atoms with Crippen LogP contribution < -0.4 is 20.7 Å². The minimum atomic E-state index is -0.512. The largest absolute Gasteiger partial charge is 0.495 e. The van der Waals surface area contributed by atoms with Gasteiger partial charge in [0.2, 0.25) is 5.91 Å². The van der Waals surface area contributed by atoms with Crippen molar-refractivity contribution in [2.45, 2.75) is 85.1 Å². The van der Waals surface area contributed by atoms with Gasteiger partial charge < -0.3 is 30.9 Å². The number of benzene rings is 1. The second-order valence-corrected chi connectivity index (χ2v) is 12.5. The van der Waals surface area contributed by atoms with Crippen molar-refractivity contribution in [3.05, 3.63) is 12.1 Å². The molecule has 0 aromatic heterocycles. The van der Waals surface area contributed by atoms with Crippen LogP contribution in [0.1, 0.15) is 79.1 Å². The van der Waals surface area contributed by atoms with Crippen molar-refractivity contribution in [3.63, 3.8) is 0 Å². The monoisotopic (exact) mass is 584 g/mol. The summed E-state index contributed by atoms with van der Waals surface area (Å²) in [5, 5.41) is 31.7. The van der Waals surface area contributed by atoms with E-state index in [0.29, 0.717) is 68.0 Å². The number of ether oxygens (including phenoxy) is 1. The topological polar surface area (TPSA) is 157 Å². The summed E-state index contributed by atoms with van der Waals surface area (Å²) in [7, 11) is 3.31. The molecule has 0 radical (unpaired) electrons. The molecule has 1 fully saturated rings. The minimum Gasteiger partial charge on any atom is -0.495 e. The van der Waals surface area contributed by atoms with Crippen molar-refractivity contribution in [1.29, 1.82) is 5.26 Å². The van der Waals surface area contributed by atoms with Gasteiger partial charge >= 0.3 is 0 Å². The van der Waals surface area contributed by atoms with E-state index in [-0.39, 0.29) is 30.5 Å². The van der Waals surface area contributed by atoms with Gasteiger partial charge in [-0.2, -0.15) is 5.26 Å². The number of carbonyl (C=O) groups excluding carboxylic acids is 1. The summed E-state index contributed by atoms with van der Waals surface area (Å²) in [6.07, 6.45) is 5.15. The smallest absolute Gasteiger partial charge is 0.224 e. The lowest BCUT2D eigenvalue weighted by molar-refractivity contribution is -0.117. The summed E-state index contributed by atoms with van der Waals surface area (Å²) in [4.78, 5) is 24.7. The fourth-order valence-corrected chi connectivity index (χ4v) is 5.61. The lowest BCUT2D eigenvalue weighted by Gasteiger charge is -2.29.